The van der Waals surface area contributed by atoms with Crippen LogP contribution in [0.5, 0.6) is 0 Å². The molecule has 3 heteroatoms. The minimum Gasteiger partial charge on any atom is -0.268 e. The van der Waals surface area contributed by atoms with Crippen LogP contribution in [-0.2, 0) is 7.05 Å². The molecule has 0 aliphatic heterocycles. The lowest BCUT2D eigenvalue weighted by Gasteiger charge is -2.01. The largest absolute Gasteiger partial charge is 0.268 e. The summed E-state index contributed by atoms with van der Waals surface area (Å²) in [4.78, 5) is 0. The topological polar surface area (TPSA) is 17.8 Å². The van der Waals surface area contributed by atoms with Crippen molar-refractivity contribution in [2.75, 3.05) is 0 Å². The molecule has 0 aliphatic carbocycles. The zero-order valence-corrected chi connectivity index (χ0v) is 9.39. The van der Waals surface area contributed by atoms with Gasteiger partial charge in [0.15, 0.2) is 0 Å². The van der Waals surface area contributed by atoms with E-state index >= 15 is 0 Å². The summed E-state index contributed by atoms with van der Waals surface area (Å²) in [6.45, 7) is 0. The van der Waals surface area contributed by atoms with Crippen molar-refractivity contribution in [1.82, 2.24) is 9.78 Å². The third-order valence-electron chi connectivity index (χ3n) is 1.96. The maximum Gasteiger partial charge on any atom is 0.0678 e. The molecule has 2 aromatic rings. The molecule has 0 atom stereocenters. The van der Waals surface area contributed by atoms with Crippen LogP contribution in [-0.4, -0.2) is 9.78 Å². The predicted molar refractivity (Wildman–Crippen MR) is 61.4 cm³/mol. The molecule has 0 saturated heterocycles. The first-order valence-electron chi connectivity index (χ1n) is 4.01. The highest BCUT2D eigenvalue weighted by atomic mass is 127. The van der Waals surface area contributed by atoms with Gasteiger partial charge in [-0.15, -0.1) is 0 Å². The van der Waals surface area contributed by atoms with Crippen molar-refractivity contribution >= 4 is 22.6 Å². The molecule has 2 rings (SSSR count). The maximum atomic E-state index is 4.13. The lowest BCUT2D eigenvalue weighted by molar-refractivity contribution is 0.776. The van der Waals surface area contributed by atoms with E-state index < -0.39 is 0 Å². The Bertz CT molecular complexity index is 403. The summed E-state index contributed by atoms with van der Waals surface area (Å²) in [5.74, 6) is 0. The van der Waals surface area contributed by atoms with Crippen LogP contribution in [0, 0.1) is 3.57 Å². The molecular formula is C10H9IN2. The lowest BCUT2D eigenvalue weighted by atomic mass is 10.1. The van der Waals surface area contributed by atoms with Crippen molar-refractivity contribution < 1.29 is 0 Å². The van der Waals surface area contributed by atoms with E-state index in [1.165, 1.54) is 9.13 Å². The first-order valence-corrected chi connectivity index (χ1v) is 5.09. The lowest BCUT2D eigenvalue weighted by Crippen LogP contribution is -1.92. The summed E-state index contributed by atoms with van der Waals surface area (Å²) in [7, 11) is 1.95. The van der Waals surface area contributed by atoms with Crippen LogP contribution in [0.1, 0.15) is 0 Å². The molecule has 1 heterocycles. The quantitative estimate of drug-likeness (QED) is 0.736. The van der Waals surface area contributed by atoms with Crippen molar-refractivity contribution in [2.24, 2.45) is 7.05 Å². The minimum absolute atomic E-state index is 1.15. The van der Waals surface area contributed by atoms with Crippen LogP contribution in [0.15, 0.2) is 36.5 Å². The Labute approximate surface area is 90.7 Å². The third-order valence-corrected chi connectivity index (χ3v) is 2.68. The summed E-state index contributed by atoms with van der Waals surface area (Å²) in [5, 5.41) is 4.13. The summed E-state index contributed by atoms with van der Waals surface area (Å²) in [5.41, 5.74) is 2.36. The van der Waals surface area contributed by atoms with E-state index in [0.29, 0.717) is 0 Å². The SMILES string of the molecule is Cn1nccc1-c1ccc(I)cc1. The average molecular weight is 284 g/mol. The van der Waals surface area contributed by atoms with Gasteiger partial charge in [0.1, 0.15) is 0 Å². The van der Waals surface area contributed by atoms with Gasteiger partial charge in [0.25, 0.3) is 0 Å². The van der Waals surface area contributed by atoms with Gasteiger partial charge in [0.05, 0.1) is 5.69 Å². The second-order valence-corrected chi connectivity index (χ2v) is 4.09. The highest BCUT2D eigenvalue weighted by Gasteiger charge is 2.00. The average Bonchev–Trinajstić information content (AvgIpc) is 2.53. The highest BCUT2D eigenvalue weighted by Crippen LogP contribution is 2.18. The second-order valence-electron chi connectivity index (χ2n) is 2.85. The van der Waals surface area contributed by atoms with Gasteiger partial charge in [-0.3, -0.25) is 4.68 Å². The summed E-state index contributed by atoms with van der Waals surface area (Å²) in [6.07, 6.45) is 1.81. The van der Waals surface area contributed by atoms with Crippen molar-refractivity contribution in [3.63, 3.8) is 0 Å². The molecule has 0 amide bonds. The Hall–Kier alpha value is -0.840. The van der Waals surface area contributed by atoms with Gasteiger partial charge in [-0.25, -0.2) is 0 Å². The number of benzene rings is 1. The van der Waals surface area contributed by atoms with Crippen LogP contribution in [0.3, 0.4) is 0 Å². The molecule has 0 bridgehead atoms. The third kappa shape index (κ3) is 1.75. The Morgan fingerprint density at radius 1 is 1.15 bits per heavy atom. The number of hydrogen-bond donors (Lipinski definition) is 0. The van der Waals surface area contributed by atoms with E-state index in [4.69, 9.17) is 0 Å². The Morgan fingerprint density at radius 3 is 2.38 bits per heavy atom. The minimum atomic E-state index is 1.15. The van der Waals surface area contributed by atoms with Gasteiger partial charge in [-0.2, -0.15) is 5.10 Å². The molecule has 2 nitrogen and oxygen atoms in total. The molecular weight excluding hydrogens is 275 g/mol. The molecule has 0 saturated carbocycles. The molecule has 0 radical (unpaired) electrons. The maximum absolute atomic E-state index is 4.13. The molecule has 0 fully saturated rings. The Balaban J connectivity index is 2.47. The molecule has 1 aromatic heterocycles. The molecule has 0 spiro atoms. The van der Waals surface area contributed by atoms with Gasteiger partial charge >= 0.3 is 0 Å². The van der Waals surface area contributed by atoms with E-state index in [0.717, 1.165) is 5.69 Å². The normalized spacial score (nSPS) is 10.3. The number of halogens is 1. The fourth-order valence-electron chi connectivity index (χ4n) is 1.28. The van der Waals surface area contributed by atoms with Gasteiger partial charge < -0.3 is 0 Å². The molecule has 0 aliphatic rings. The zero-order chi connectivity index (χ0) is 9.26. The van der Waals surface area contributed by atoms with E-state index in [1.807, 2.05) is 24.0 Å². The fourth-order valence-corrected chi connectivity index (χ4v) is 1.64. The predicted octanol–water partition coefficient (Wildman–Crippen LogP) is 2.69. The van der Waals surface area contributed by atoms with Crippen LogP contribution in [0.2, 0.25) is 0 Å². The first kappa shape index (κ1) is 8.74. The summed E-state index contributed by atoms with van der Waals surface area (Å²) >= 11 is 2.30. The Morgan fingerprint density at radius 2 is 1.85 bits per heavy atom. The van der Waals surface area contributed by atoms with Gasteiger partial charge in [-0.05, 0) is 46.4 Å². The van der Waals surface area contributed by atoms with Crippen LogP contribution in [0.4, 0.5) is 0 Å². The number of rotatable bonds is 1. The molecule has 66 valence electrons. The standard InChI is InChI=1S/C10H9IN2/c1-13-10(6-7-12-13)8-2-4-9(11)5-3-8/h2-7H,1H3. The fraction of sp³-hybridized carbons (Fsp3) is 0.100. The molecule has 0 unspecified atom stereocenters. The van der Waals surface area contributed by atoms with Crippen molar-refractivity contribution in [2.45, 2.75) is 0 Å². The van der Waals surface area contributed by atoms with Gasteiger partial charge in [0.2, 0.25) is 0 Å². The number of aryl methyl sites for hydroxylation is 1. The second kappa shape index (κ2) is 3.49. The van der Waals surface area contributed by atoms with E-state index in [9.17, 15) is 0 Å². The monoisotopic (exact) mass is 284 g/mol. The van der Waals surface area contributed by atoms with E-state index in [-0.39, 0.29) is 0 Å². The highest BCUT2D eigenvalue weighted by molar-refractivity contribution is 14.1. The number of nitrogens with zero attached hydrogens (tertiary/aromatic N) is 2. The van der Waals surface area contributed by atoms with Crippen molar-refractivity contribution in [3.8, 4) is 11.3 Å². The van der Waals surface area contributed by atoms with Crippen LogP contribution >= 0.6 is 22.6 Å². The molecule has 13 heavy (non-hydrogen) atoms. The first-order chi connectivity index (χ1) is 6.27. The number of aromatic nitrogens is 2. The molecule has 0 N–H and O–H groups in total. The van der Waals surface area contributed by atoms with Gasteiger partial charge in [0, 0.05) is 16.8 Å². The van der Waals surface area contributed by atoms with Crippen molar-refractivity contribution in [1.29, 1.82) is 0 Å². The summed E-state index contributed by atoms with van der Waals surface area (Å²) < 4.78 is 3.13. The van der Waals surface area contributed by atoms with Crippen LogP contribution < -0.4 is 0 Å². The zero-order valence-electron chi connectivity index (χ0n) is 7.24. The molecule has 1 aromatic carbocycles. The van der Waals surface area contributed by atoms with E-state index in [2.05, 4.69) is 52.0 Å². The number of hydrogen-bond acceptors (Lipinski definition) is 1. The van der Waals surface area contributed by atoms with Crippen molar-refractivity contribution in [3.05, 3.63) is 40.1 Å². The summed E-state index contributed by atoms with van der Waals surface area (Å²) in [6, 6.07) is 10.4. The smallest absolute Gasteiger partial charge is 0.0678 e. The Kier molecular flexibility index (Phi) is 2.35. The van der Waals surface area contributed by atoms with E-state index in [1.54, 1.807) is 0 Å². The van der Waals surface area contributed by atoms with Gasteiger partial charge in [-0.1, -0.05) is 12.1 Å². The van der Waals surface area contributed by atoms with Crippen LogP contribution in [0.25, 0.3) is 11.3 Å².